The summed E-state index contributed by atoms with van der Waals surface area (Å²) in [6, 6.07) is 4.62. The minimum atomic E-state index is 0.573. The summed E-state index contributed by atoms with van der Waals surface area (Å²) in [5.74, 6) is 5.40. The quantitative estimate of drug-likeness (QED) is 0.534. The van der Waals surface area contributed by atoms with Gasteiger partial charge in [-0.1, -0.05) is 18.5 Å². The average Bonchev–Trinajstić information content (AvgIpc) is 2.27. The Balaban J connectivity index is 2.33. The van der Waals surface area contributed by atoms with Gasteiger partial charge in [0.05, 0.1) is 10.7 Å². The summed E-state index contributed by atoms with van der Waals surface area (Å²) in [5, 5.41) is 4.17. The number of nitrogens with two attached hydrogens (primary N) is 1. The first-order chi connectivity index (χ1) is 7.24. The van der Waals surface area contributed by atoms with Gasteiger partial charge in [-0.2, -0.15) is 0 Å². The van der Waals surface area contributed by atoms with Crippen LogP contribution in [0.2, 0.25) is 5.02 Å². The van der Waals surface area contributed by atoms with E-state index in [4.69, 9.17) is 17.4 Å². The van der Waals surface area contributed by atoms with Gasteiger partial charge in [0.25, 0.3) is 0 Å². The molecule has 0 fully saturated rings. The van der Waals surface area contributed by atoms with Crippen LogP contribution in [-0.2, 0) is 13.0 Å². The van der Waals surface area contributed by atoms with Gasteiger partial charge in [-0.05, 0) is 36.1 Å². The highest BCUT2D eigenvalue weighted by Gasteiger charge is 2.17. The molecule has 15 heavy (non-hydrogen) atoms. The maximum absolute atomic E-state index is 6.06. The first-order valence-electron chi connectivity index (χ1n) is 5.26. The fourth-order valence-electron chi connectivity index (χ4n) is 2.01. The molecule has 0 spiro atoms. The fraction of sp³-hybridized carbons (Fsp3) is 0.455. The Kier molecular flexibility index (Phi) is 3.14. The molecule has 0 bridgehead atoms. The lowest BCUT2D eigenvalue weighted by Gasteiger charge is -2.26. The predicted molar refractivity (Wildman–Crippen MR) is 63.9 cm³/mol. The van der Waals surface area contributed by atoms with Crippen molar-refractivity contribution in [2.45, 2.75) is 32.4 Å². The standard InChI is InChI=1S/C11H16ClN3/c1-2-9-3-7-5-11(15-13)10(12)4-8(7)6-14-9/h4-5,9,14-15H,2-3,6,13H2,1H3. The largest absolute Gasteiger partial charge is 0.323 e. The van der Waals surface area contributed by atoms with Crippen molar-refractivity contribution in [3.05, 3.63) is 28.3 Å². The number of fused-ring (bicyclic) bond motifs is 1. The highest BCUT2D eigenvalue weighted by atomic mass is 35.5. The molecule has 0 saturated heterocycles. The van der Waals surface area contributed by atoms with Crippen LogP contribution < -0.4 is 16.6 Å². The second-order valence-corrected chi connectivity index (χ2v) is 4.34. The van der Waals surface area contributed by atoms with Crippen molar-refractivity contribution in [3.8, 4) is 0 Å². The van der Waals surface area contributed by atoms with Crippen molar-refractivity contribution in [1.29, 1.82) is 0 Å². The number of hydrazine groups is 1. The van der Waals surface area contributed by atoms with E-state index in [-0.39, 0.29) is 0 Å². The van der Waals surface area contributed by atoms with E-state index in [9.17, 15) is 0 Å². The molecule has 4 N–H and O–H groups in total. The number of hydrogen-bond donors (Lipinski definition) is 3. The molecule has 0 aromatic heterocycles. The molecule has 1 atom stereocenters. The maximum Gasteiger partial charge on any atom is 0.0674 e. The molecule has 1 aliphatic rings. The summed E-state index contributed by atoms with van der Waals surface area (Å²) in [4.78, 5) is 0. The smallest absolute Gasteiger partial charge is 0.0674 e. The molecule has 1 heterocycles. The molecule has 0 radical (unpaired) electrons. The molecule has 1 aromatic carbocycles. The van der Waals surface area contributed by atoms with Crippen molar-refractivity contribution >= 4 is 17.3 Å². The summed E-state index contributed by atoms with van der Waals surface area (Å²) >= 11 is 6.06. The fourth-order valence-corrected chi connectivity index (χ4v) is 2.25. The zero-order chi connectivity index (χ0) is 10.8. The molecular formula is C11H16ClN3. The van der Waals surface area contributed by atoms with Gasteiger partial charge in [0.2, 0.25) is 0 Å². The van der Waals surface area contributed by atoms with Crippen molar-refractivity contribution in [3.63, 3.8) is 0 Å². The Labute approximate surface area is 95.0 Å². The van der Waals surface area contributed by atoms with Gasteiger partial charge in [-0.25, -0.2) is 0 Å². The van der Waals surface area contributed by atoms with E-state index in [0.29, 0.717) is 11.1 Å². The molecule has 1 unspecified atom stereocenters. The molecule has 4 heteroatoms. The van der Waals surface area contributed by atoms with Crippen LogP contribution in [0, 0.1) is 0 Å². The van der Waals surface area contributed by atoms with Crippen molar-refractivity contribution in [1.82, 2.24) is 5.32 Å². The first kappa shape index (κ1) is 10.7. The second kappa shape index (κ2) is 4.39. The van der Waals surface area contributed by atoms with Crippen LogP contribution >= 0.6 is 11.6 Å². The summed E-state index contributed by atoms with van der Waals surface area (Å²) in [6.45, 7) is 3.10. The molecule has 2 rings (SSSR count). The summed E-state index contributed by atoms with van der Waals surface area (Å²) in [7, 11) is 0. The zero-order valence-electron chi connectivity index (χ0n) is 8.81. The highest BCUT2D eigenvalue weighted by molar-refractivity contribution is 6.33. The van der Waals surface area contributed by atoms with Gasteiger partial charge < -0.3 is 10.7 Å². The number of rotatable bonds is 2. The number of nitrogen functional groups attached to an aromatic ring is 1. The van der Waals surface area contributed by atoms with E-state index in [2.05, 4.69) is 23.7 Å². The Morgan fingerprint density at radius 1 is 1.53 bits per heavy atom. The zero-order valence-corrected chi connectivity index (χ0v) is 9.56. The van der Waals surface area contributed by atoms with E-state index in [1.807, 2.05) is 6.07 Å². The predicted octanol–water partition coefficient (Wildman–Crippen LogP) is 2.05. The van der Waals surface area contributed by atoms with Gasteiger partial charge in [0, 0.05) is 12.6 Å². The average molecular weight is 226 g/mol. The number of benzene rings is 1. The molecule has 82 valence electrons. The third-order valence-corrected chi connectivity index (χ3v) is 3.30. The van der Waals surface area contributed by atoms with Gasteiger partial charge in [0.15, 0.2) is 0 Å². The van der Waals surface area contributed by atoms with Crippen molar-refractivity contribution < 1.29 is 0 Å². The first-order valence-corrected chi connectivity index (χ1v) is 5.63. The summed E-state index contributed by atoms with van der Waals surface area (Å²) in [6.07, 6.45) is 2.20. The minimum absolute atomic E-state index is 0.573. The number of hydrogen-bond acceptors (Lipinski definition) is 3. The number of halogens is 1. The molecule has 3 nitrogen and oxygen atoms in total. The molecule has 1 aromatic rings. The molecule has 0 amide bonds. The van der Waals surface area contributed by atoms with E-state index >= 15 is 0 Å². The molecule has 1 aliphatic heterocycles. The van der Waals surface area contributed by atoms with Crippen LogP contribution in [0.1, 0.15) is 24.5 Å². The van der Waals surface area contributed by atoms with Gasteiger partial charge in [-0.15, -0.1) is 0 Å². The second-order valence-electron chi connectivity index (χ2n) is 3.94. The molecule has 0 saturated carbocycles. The highest BCUT2D eigenvalue weighted by Crippen LogP contribution is 2.28. The Morgan fingerprint density at radius 2 is 2.33 bits per heavy atom. The van der Waals surface area contributed by atoms with Crippen LogP contribution in [0.5, 0.6) is 0 Å². The van der Waals surface area contributed by atoms with Crippen molar-refractivity contribution in [2.75, 3.05) is 5.43 Å². The Morgan fingerprint density at radius 3 is 3.00 bits per heavy atom. The normalized spacial score (nSPS) is 19.8. The number of anilines is 1. The Hall–Kier alpha value is -0.770. The summed E-state index contributed by atoms with van der Waals surface area (Å²) < 4.78 is 0. The molecule has 0 aliphatic carbocycles. The van der Waals surface area contributed by atoms with Crippen LogP contribution in [0.25, 0.3) is 0 Å². The third kappa shape index (κ3) is 2.09. The van der Waals surface area contributed by atoms with E-state index in [0.717, 1.165) is 25.1 Å². The van der Waals surface area contributed by atoms with Crippen LogP contribution in [0.4, 0.5) is 5.69 Å². The molecular weight excluding hydrogens is 210 g/mol. The van der Waals surface area contributed by atoms with E-state index in [1.54, 1.807) is 0 Å². The van der Waals surface area contributed by atoms with Crippen LogP contribution in [0.15, 0.2) is 12.1 Å². The minimum Gasteiger partial charge on any atom is -0.323 e. The van der Waals surface area contributed by atoms with Crippen LogP contribution in [0.3, 0.4) is 0 Å². The third-order valence-electron chi connectivity index (χ3n) is 2.99. The lowest BCUT2D eigenvalue weighted by molar-refractivity contribution is 0.468. The van der Waals surface area contributed by atoms with E-state index in [1.165, 1.54) is 11.1 Å². The van der Waals surface area contributed by atoms with Gasteiger partial charge in [0.1, 0.15) is 0 Å². The lowest BCUT2D eigenvalue weighted by Crippen LogP contribution is -2.34. The topological polar surface area (TPSA) is 50.1 Å². The summed E-state index contributed by atoms with van der Waals surface area (Å²) in [5.41, 5.74) is 6.06. The van der Waals surface area contributed by atoms with Crippen LogP contribution in [-0.4, -0.2) is 6.04 Å². The van der Waals surface area contributed by atoms with E-state index < -0.39 is 0 Å². The Bertz CT molecular complexity index is 365. The SMILES string of the molecule is CCC1Cc2cc(NN)c(Cl)cc2CN1. The van der Waals surface area contributed by atoms with Gasteiger partial charge >= 0.3 is 0 Å². The van der Waals surface area contributed by atoms with Crippen molar-refractivity contribution in [2.24, 2.45) is 5.84 Å². The van der Waals surface area contributed by atoms with Gasteiger partial charge in [-0.3, -0.25) is 5.84 Å². The number of nitrogens with one attached hydrogen (secondary N) is 2. The monoisotopic (exact) mass is 225 g/mol. The maximum atomic E-state index is 6.06. The lowest BCUT2D eigenvalue weighted by atomic mass is 9.94.